The SMILES string of the molecule is CCC(C)C(=O)OC1C=C(C(=O)O)C(CCC2=CCOC2=O)C2(C)CCCC(C)(C)C12. The molecule has 2 aliphatic carbocycles. The fourth-order valence-corrected chi connectivity index (χ4v) is 6.21. The van der Waals surface area contributed by atoms with Gasteiger partial charge in [-0.05, 0) is 61.0 Å². The van der Waals surface area contributed by atoms with Crippen LogP contribution >= 0.6 is 0 Å². The Labute approximate surface area is 185 Å². The van der Waals surface area contributed by atoms with Crippen LogP contribution in [0, 0.1) is 28.6 Å². The van der Waals surface area contributed by atoms with Crippen molar-refractivity contribution in [1.82, 2.24) is 0 Å². The van der Waals surface area contributed by atoms with Gasteiger partial charge in [0.05, 0.1) is 5.92 Å². The molecule has 0 bridgehead atoms. The molecule has 0 aromatic rings. The van der Waals surface area contributed by atoms with Gasteiger partial charge in [0.2, 0.25) is 0 Å². The van der Waals surface area contributed by atoms with Crippen molar-refractivity contribution >= 4 is 17.9 Å². The van der Waals surface area contributed by atoms with Crippen LogP contribution in [0.3, 0.4) is 0 Å². The topological polar surface area (TPSA) is 89.9 Å². The second-order valence-corrected chi connectivity index (χ2v) is 10.4. The lowest BCUT2D eigenvalue weighted by molar-refractivity contribution is -0.169. The summed E-state index contributed by atoms with van der Waals surface area (Å²) in [5, 5.41) is 10.1. The molecule has 3 rings (SSSR count). The molecule has 0 spiro atoms. The van der Waals surface area contributed by atoms with E-state index in [1.54, 1.807) is 12.2 Å². The lowest BCUT2D eigenvalue weighted by atomic mass is 9.47. The van der Waals surface area contributed by atoms with Crippen molar-refractivity contribution < 1.29 is 29.0 Å². The van der Waals surface area contributed by atoms with Crippen LogP contribution in [-0.4, -0.2) is 35.7 Å². The third-order valence-electron chi connectivity index (χ3n) is 7.96. The number of rotatable bonds is 7. The quantitative estimate of drug-likeness (QED) is 0.588. The van der Waals surface area contributed by atoms with Crippen molar-refractivity contribution in [1.29, 1.82) is 0 Å². The van der Waals surface area contributed by atoms with Gasteiger partial charge >= 0.3 is 17.9 Å². The van der Waals surface area contributed by atoms with Crippen LogP contribution in [-0.2, 0) is 23.9 Å². The minimum absolute atomic E-state index is 0.0133. The first-order valence-corrected chi connectivity index (χ1v) is 11.5. The minimum Gasteiger partial charge on any atom is -0.478 e. The Kier molecular flexibility index (Phi) is 6.68. The normalized spacial score (nSPS) is 32.9. The highest BCUT2D eigenvalue weighted by molar-refractivity contribution is 5.90. The number of hydrogen-bond donors (Lipinski definition) is 1. The third-order valence-corrected chi connectivity index (χ3v) is 7.96. The molecule has 0 aromatic heterocycles. The largest absolute Gasteiger partial charge is 0.478 e. The zero-order chi connectivity index (χ0) is 23.0. The molecule has 1 saturated carbocycles. The summed E-state index contributed by atoms with van der Waals surface area (Å²) in [5.74, 6) is -1.97. The number of esters is 2. The molecule has 5 atom stereocenters. The van der Waals surface area contributed by atoms with E-state index < -0.39 is 12.1 Å². The fourth-order valence-electron chi connectivity index (χ4n) is 6.21. The number of ether oxygens (including phenoxy) is 2. The smallest absolute Gasteiger partial charge is 0.334 e. The summed E-state index contributed by atoms with van der Waals surface area (Å²) < 4.78 is 11.0. The maximum absolute atomic E-state index is 12.7. The Balaban J connectivity index is 2.00. The van der Waals surface area contributed by atoms with Gasteiger partial charge in [0.15, 0.2) is 0 Å². The molecule has 0 radical (unpaired) electrons. The number of carboxylic acid groups (broad SMARTS) is 1. The van der Waals surface area contributed by atoms with Crippen LogP contribution in [0.25, 0.3) is 0 Å². The first-order valence-electron chi connectivity index (χ1n) is 11.5. The maximum Gasteiger partial charge on any atom is 0.334 e. The van der Waals surface area contributed by atoms with Crippen molar-refractivity contribution in [2.75, 3.05) is 6.61 Å². The average Bonchev–Trinajstić information content (AvgIpc) is 3.09. The number of carboxylic acids is 1. The molecular formula is C25H36O6. The highest BCUT2D eigenvalue weighted by Crippen LogP contribution is 2.61. The van der Waals surface area contributed by atoms with E-state index in [9.17, 15) is 19.5 Å². The van der Waals surface area contributed by atoms with Crippen molar-refractivity contribution in [3.05, 3.63) is 23.3 Å². The lowest BCUT2D eigenvalue weighted by Crippen LogP contribution is -2.56. The van der Waals surface area contributed by atoms with E-state index in [0.29, 0.717) is 37.0 Å². The molecule has 5 unspecified atom stereocenters. The summed E-state index contributed by atoms with van der Waals surface area (Å²) in [6, 6.07) is 0. The van der Waals surface area contributed by atoms with Gasteiger partial charge in [0.1, 0.15) is 12.7 Å². The minimum atomic E-state index is -0.972. The molecule has 0 amide bonds. The van der Waals surface area contributed by atoms with E-state index in [1.807, 2.05) is 13.8 Å². The van der Waals surface area contributed by atoms with Gasteiger partial charge < -0.3 is 14.6 Å². The Bertz CT molecular complexity index is 807. The zero-order valence-electron chi connectivity index (χ0n) is 19.4. The molecule has 0 saturated heterocycles. The monoisotopic (exact) mass is 432 g/mol. The van der Waals surface area contributed by atoms with Gasteiger partial charge in [-0.1, -0.05) is 41.0 Å². The van der Waals surface area contributed by atoms with Crippen LogP contribution in [0.5, 0.6) is 0 Å². The van der Waals surface area contributed by atoms with E-state index in [4.69, 9.17) is 9.47 Å². The third kappa shape index (κ3) is 4.44. The summed E-state index contributed by atoms with van der Waals surface area (Å²) in [4.78, 5) is 36.9. The van der Waals surface area contributed by atoms with E-state index in [2.05, 4.69) is 20.8 Å². The Hall–Kier alpha value is -2.11. The van der Waals surface area contributed by atoms with Crippen LogP contribution in [0.1, 0.15) is 73.1 Å². The Morgan fingerprint density at radius 1 is 1.29 bits per heavy atom. The molecule has 6 heteroatoms. The number of carbonyl (C=O) groups excluding carboxylic acids is 2. The van der Waals surface area contributed by atoms with Crippen LogP contribution < -0.4 is 0 Å². The van der Waals surface area contributed by atoms with Gasteiger partial charge in [-0.25, -0.2) is 9.59 Å². The number of carbonyl (C=O) groups is 3. The Morgan fingerprint density at radius 2 is 2.00 bits per heavy atom. The number of fused-ring (bicyclic) bond motifs is 1. The van der Waals surface area contributed by atoms with Crippen LogP contribution in [0.2, 0.25) is 0 Å². The van der Waals surface area contributed by atoms with Crippen molar-refractivity contribution in [2.24, 2.45) is 28.6 Å². The van der Waals surface area contributed by atoms with Crippen molar-refractivity contribution in [3.63, 3.8) is 0 Å². The van der Waals surface area contributed by atoms with Crippen LogP contribution in [0.4, 0.5) is 0 Å². The van der Waals surface area contributed by atoms with Gasteiger partial charge in [0, 0.05) is 17.1 Å². The van der Waals surface area contributed by atoms with Gasteiger partial charge in [-0.3, -0.25) is 4.79 Å². The molecule has 6 nitrogen and oxygen atoms in total. The predicted molar refractivity (Wildman–Crippen MR) is 116 cm³/mol. The summed E-state index contributed by atoms with van der Waals surface area (Å²) in [6.07, 6.45) is 7.54. The Morgan fingerprint density at radius 3 is 2.58 bits per heavy atom. The summed E-state index contributed by atoms with van der Waals surface area (Å²) in [5.41, 5.74) is 0.501. The molecule has 31 heavy (non-hydrogen) atoms. The van der Waals surface area contributed by atoms with Gasteiger partial charge in [-0.2, -0.15) is 0 Å². The number of aliphatic carboxylic acids is 1. The standard InChI is InChI=1S/C25H36O6/c1-6-15(2)22(28)31-19-14-17(21(26)27)18(9-8-16-10-13-30-23(16)29)25(5)12-7-11-24(3,4)20(19)25/h10,14-15,18-20H,6-9,11-13H2,1-5H3,(H,26,27). The number of cyclic esters (lactones) is 1. The van der Waals surface area contributed by atoms with E-state index in [0.717, 1.165) is 19.3 Å². The second-order valence-electron chi connectivity index (χ2n) is 10.4. The van der Waals surface area contributed by atoms with E-state index in [-0.39, 0.29) is 40.5 Å². The zero-order valence-corrected chi connectivity index (χ0v) is 19.4. The summed E-state index contributed by atoms with van der Waals surface area (Å²) in [7, 11) is 0. The highest BCUT2D eigenvalue weighted by Gasteiger charge is 2.58. The molecular weight excluding hydrogens is 396 g/mol. The van der Waals surface area contributed by atoms with Gasteiger partial charge in [0.25, 0.3) is 0 Å². The molecule has 1 N–H and O–H groups in total. The van der Waals surface area contributed by atoms with Crippen LogP contribution in [0.15, 0.2) is 23.3 Å². The summed E-state index contributed by atoms with van der Waals surface area (Å²) >= 11 is 0. The highest BCUT2D eigenvalue weighted by atomic mass is 16.5. The fraction of sp³-hybridized carbons (Fsp3) is 0.720. The molecule has 1 heterocycles. The maximum atomic E-state index is 12.7. The summed E-state index contributed by atoms with van der Waals surface area (Å²) in [6.45, 7) is 10.6. The first kappa shape index (κ1) is 23.6. The molecule has 3 aliphatic rings. The molecule has 0 aromatic carbocycles. The first-order chi connectivity index (χ1) is 14.5. The molecule has 1 fully saturated rings. The molecule has 172 valence electrons. The van der Waals surface area contributed by atoms with E-state index in [1.165, 1.54) is 0 Å². The average molecular weight is 433 g/mol. The van der Waals surface area contributed by atoms with E-state index >= 15 is 0 Å². The predicted octanol–water partition coefficient (Wildman–Crippen LogP) is 4.68. The molecule has 1 aliphatic heterocycles. The van der Waals surface area contributed by atoms with Crippen molar-refractivity contribution in [3.8, 4) is 0 Å². The number of hydrogen-bond acceptors (Lipinski definition) is 5. The van der Waals surface area contributed by atoms with Crippen molar-refractivity contribution in [2.45, 2.75) is 79.2 Å². The second kappa shape index (κ2) is 8.79. The lowest BCUT2D eigenvalue weighted by Gasteiger charge is -2.58. The van der Waals surface area contributed by atoms with Gasteiger partial charge in [-0.15, -0.1) is 0 Å².